The minimum atomic E-state index is -0.0393. The van der Waals surface area contributed by atoms with Gasteiger partial charge in [-0.1, -0.05) is 67.1 Å². The molecule has 1 fully saturated rings. The van der Waals surface area contributed by atoms with Gasteiger partial charge < -0.3 is 0 Å². The molecule has 0 aliphatic heterocycles. The molecule has 0 aromatic heterocycles. The Bertz CT molecular complexity index is 1100. The Balaban J connectivity index is 1.57. The molecule has 0 radical (unpaired) electrons. The number of benzene rings is 3. The average Bonchev–Trinajstić information content (AvgIpc) is 3.26. The van der Waals surface area contributed by atoms with Crippen LogP contribution >= 0.6 is 23.5 Å². The second-order valence-corrected chi connectivity index (χ2v) is 9.91. The quantitative estimate of drug-likeness (QED) is 0.373. The number of ketones is 2. The van der Waals surface area contributed by atoms with Gasteiger partial charge in [0, 0.05) is 42.2 Å². The van der Waals surface area contributed by atoms with Crippen LogP contribution in [0.25, 0.3) is 0 Å². The lowest BCUT2D eigenvalue weighted by Crippen LogP contribution is -2.22. The van der Waals surface area contributed by atoms with Crippen molar-refractivity contribution in [1.29, 1.82) is 0 Å². The van der Waals surface area contributed by atoms with Gasteiger partial charge in [0.2, 0.25) is 0 Å². The summed E-state index contributed by atoms with van der Waals surface area (Å²) in [5.41, 5.74) is 2.22. The highest BCUT2D eigenvalue weighted by molar-refractivity contribution is 8.00. The fourth-order valence-electron chi connectivity index (χ4n) is 4.16. The normalized spacial score (nSPS) is 16.0. The molecule has 5 rings (SSSR count). The molecule has 2 aliphatic carbocycles. The van der Waals surface area contributed by atoms with Crippen LogP contribution in [0.2, 0.25) is 0 Å². The first-order valence-electron chi connectivity index (χ1n) is 9.97. The van der Waals surface area contributed by atoms with E-state index in [1.807, 2.05) is 54.6 Å². The van der Waals surface area contributed by atoms with Crippen LogP contribution < -0.4 is 0 Å². The summed E-state index contributed by atoms with van der Waals surface area (Å²) in [6.45, 7) is 0. The molecule has 0 unspecified atom stereocenters. The summed E-state index contributed by atoms with van der Waals surface area (Å²) in [7, 11) is 0. The van der Waals surface area contributed by atoms with Crippen molar-refractivity contribution in [2.24, 2.45) is 0 Å². The number of carbonyl (C=O) groups is 2. The molecule has 29 heavy (non-hydrogen) atoms. The smallest absolute Gasteiger partial charge is 0.195 e. The van der Waals surface area contributed by atoms with Gasteiger partial charge in [-0.3, -0.25) is 9.59 Å². The first kappa shape index (κ1) is 18.7. The summed E-state index contributed by atoms with van der Waals surface area (Å²) in [6, 6.07) is 21.3. The maximum atomic E-state index is 13.5. The van der Waals surface area contributed by atoms with E-state index < -0.39 is 0 Å². The van der Waals surface area contributed by atoms with Crippen LogP contribution in [0.5, 0.6) is 0 Å². The van der Waals surface area contributed by atoms with E-state index in [9.17, 15) is 9.59 Å². The van der Waals surface area contributed by atoms with Gasteiger partial charge in [-0.25, -0.2) is 0 Å². The van der Waals surface area contributed by atoms with E-state index in [1.54, 1.807) is 23.9 Å². The molecular weight excluding hydrogens is 396 g/mol. The second kappa shape index (κ2) is 7.85. The average molecular weight is 417 g/mol. The van der Waals surface area contributed by atoms with Crippen molar-refractivity contribution in [1.82, 2.24) is 0 Å². The van der Waals surface area contributed by atoms with Gasteiger partial charge in [-0.05, 0) is 37.1 Å². The lowest BCUT2D eigenvalue weighted by Gasteiger charge is -2.22. The standard InChI is InChI=1S/C25H20O2S2/c26-24-19-13-7-15-21(29-17-10-4-5-11-17)23(19)25(27)18-12-6-14-20(22(18)24)28-16-8-2-1-3-9-16/h1-3,6-9,12-15,17H,4-5,10-11H2. The van der Waals surface area contributed by atoms with Crippen molar-refractivity contribution in [2.75, 3.05) is 0 Å². The summed E-state index contributed by atoms with van der Waals surface area (Å²) in [5, 5.41) is 0.547. The Hall–Kier alpha value is -2.30. The third-order valence-electron chi connectivity index (χ3n) is 5.56. The fourth-order valence-corrected chi connectivity index (χ4v) is 6.57. The molecule has 3 aromatic carbocycles. The Morgan fingerprint density at radius 3 is 1.90 bits per heavy atom. The monoisotopic (exact) mass is 416 g/mol. The second-order valence-electron chi connectivity index (χ2n) is 7.46. The van der Waals surface area contributed by atoms with Crippen LogP contribution in [-0.2, 0) is 0 Å². The Morgan fingerprint density at radius 2 is 1.24 bits per heavy atom. The van der Waals surface area contributed by atoms with Crippen molar-refractivity contribution >= 4 is 35.1 Å². The molecule has 4 heteroatoms. The van der Waals surface area contributed by atoms with E-state index in [0.717, 1.165) is 14.7 Å². The molecule has 1 saturated carbocycles. The third kappa shape index (κ3) is 3.45. The van der Waals surface area contributed by atoms with Crippen LogP contribution in [0, 0.1) is 0 Å². The van der Waals surface area contributed by atoms with Crippen LogP contribution in [0.4, 0.5) is 0 Å². The van der Waals surface area contributed by atoms with Crippen molar-refractivity contribution in [3.8, 4) is 0 Å². The number of hydrogen-bond donors (Lipinski definition) is 0. The SMILES string of the molecule is O=C1c2cccc(SC3CCCC3)c2C(=O)c2cccc(Sc3ccccc3)c21. The first-order chi connectivity index (χ1) is 14.2. The molecule has 2 nitrogen and oxygen atoms in total. The molecule has 0 spiro atoms. The highest BCUT2D eigenvalue weighted by Gasteiger charge is 2.34. The molecule has 0 N–H and O–H groups in total. The number of carbonyl (C=O) groups excluding carboxylic acids is 2. The van der Waals surface area contributed by atoms with Gasteiger partial charge in [0.15, 0.2) is 11.6 Å². The predicted molar refractivity (Wildman–Crippen MR) is 118 cm³/mol. The van der Waals surface area contributed by atoms with E-state index in [0.29, 0.717) is 27.5 Å². The summed E-state index contributed by atoms with van der Waals surface area (Å²) in [5.74, 6) is -0.0614. The van der Waals surface area contributed by atoms with Crippen molar-refractivity contribution in [3.05, 3.63) is 89.0 Å². The first-order valence-corrected chi connectivity index (χ1v) is 11.7. The van der Waals surface area contributed by atoms with Crippen LogP contribution in [0.3, 0.4) is 0 Å². The molecule has 2 aliphatic rings. The maximum absolute atomic E-state index is 13.5. The van der Waals surface area contributed by atoms with Crippen molar-refractivity contribution < 1.29 is 9.59 Å². The minimum absolute atomic E-state index is 0.0220. The number of rotatable bonds is 4. The van der Waals surface area contributed by atoms with Crippen molar-refractivity contribution in [3.63, 3.8) is 0 Å². The van der Waals surface area contributed by atoms with E-state index in [2.05, 4.69) is 0 Å². The zero-order valence-electron chi connectivity index (χ0n) is 15.9. The van der Waals surface area contributed by atoms with E-state index >= 15 is 0 Å². The van der Waals surface area contributed by atoms with E-state index in [-0.39, 0.29) is 11.6 Å². The highest BCUT2D eigenvalue weighted by atomic mass is 32.2. The molecule has 3 aromatic rings. The van der Waals surface area contributed by atoms with E-state index in [4.69, 9.17) is 0 Å². The Labute approximate surface area is 179 Å². The van der Waals surface area contributed by atoms with Crippen LogP contribution in [0.15, 0.2) is 81.4 Å². The number of thioether (sulfide) groups is 1. The van der Waals surface area contributed by atoms with E-state index in [1.165, 1.54) is 37.4 Å². The van der Waals surface area contributed by atoms with Crippen molar-refractivity contribution in [2.45, 2.75) is 45.6 Å². The molecule has 0 heterocycles. The summed E-state index contributed by atoms with van der Waals surface area (Å²) >= 11 is 3.31. The molecule has 0 saturated heterocycles. The molecule has 0 atom stereocenters. The Morgan fingerprint density at radius 1 is 0.655 bits per heavy atom. The molecular formula is C25H20O2S2. The van der Waals surface area contributed by atoms with Gasteiger partial charge in [0.05, 0.1) is 0 Å². The fraction of sp³-hybridized carbons (Fsp3) is 0.200. The van der Waals surface area contributed by atoms with Crippen LogP contribution in [0.1, 0.15) is 57.5 Å². The number of fused-ring (bicyclic) bond motifs is 2. The zero-order valence-corrected chi connectivity index (χ0v) is 17.5. The largest absolute Gasteiger partial charge is 0.289 e. The third-order valence-corrected chi connectivity index (χ3v) is 8.03. The molecule has 144 valence electrons. The predicted octanol–water partition coefficient (Wildman–Crippen LogP) is 6.65. The topological polar surface area (TPSA) is 34.1 Å². The zero-order chi connectivity index (χ0) is 19.8. The molecule has 0 amide bonds. The summed E-state index contributed by atoms with van der Waals surface area (Å²) in [6.07, 6.45) is 4.88. The van der Waals surface area contributed by atoms with Gasteiger partial charge in [0.25, 0.3) is 0 Å². The van der Waals surface area contributed by atoms with Gasteiger partial charge in [-0.15, -0.1) is 11.8 Å². The molecule has 0 bridgehead atoms. The Kier molecular flexibility index (Phi) is 5.06. The summed E-state index contributed by atoms with van der Waals surface area (Å²) < 4.78 is 0. The van der Waals surface area contributed by atoms with Gasteiger partial charge in [0.1, 0.15) is 0 Å². The summed E-state index contributed by atoms with van der Waals surface area (Å²) in [4.78, 5) is 29.8. The highest BCUT2D eigenvalue weighted by Crippen LogP contribution is 2.42. The minimum Gasteiger partial charge on any atom is -0.289 e. The lowest BCUT2D eigenvalue weighted by molar-refractivity contribution is 0.0974. The van der Waals surface area contributed by atoms with Crippen LogP contribution in [-0.4, -0.2) is 16.8 Å². The van der Waals surface area contributed by atoms with Gasteiger partial charge in [-0.2, -0.15) is 0 Å². The van der Waals surface area contributed by atoms with Gasteiger partial charge >= 0.3 is 0 Å². The lowest BCUT2D eigenvalue weighted by atomic mass is 9.84. The maximum Gasteiger partial charge on any atom is 0.195 e. The number of hydrogen-bond acceptors (Lipinski definition) is 4.